The number of ether oxygens (including phenoxy) is 1. The van der Waals surface area contributed by atoms with Gasteiger partial charge in [-0.2, -0.15) is 0 Å². The lowest BCUT2D eigenvalue weighted by atomic mass is 10.1. The van der Waals surface area contributed by atoms with Crippen LogP contribution >= 0.6 is 0 Å². The first kappa shape index (κ1) is 17.9. The van der Waals surface area contributed by atoms with Gasteiger partial charge in [-0.1, -0.05) is 24.9 Å². The summed E-state index contributed by atoms with van der Waals surface area (Å²) in [5.41, 5.74) is 1.94. The van der Waals surface area contributed by atoms with Crippen LogP contribution in [0, 0.1) is 5.82 Å². The smallest absolute Gasteiger partial charge is 0.343 e. The summed E-state index contributed by atoms with van der Waals surface area (Å²) in [6.07, 6.45) is 4.31. The highest BCUT2D eigenvalue weighted by molar-refractivity contribution is 5.91. The van der Waals surface area contributed by atoms with Gasteiger partial charge in [0.1, 0.15) is 23.0 Å². The molecule has 0 unspecified atom stereocenters. The number of nitrogens with zero attached hydrogens (tertiary/aromatic N) is 1. The van der Waals surface area contributed by atoms with E-state index in [0.717, 1.165) is 29.9 Å². The van der Waals surface area contributed by atoms with Gasteiger partial charge in [0.15, 0.2) is 0 Å². The number of aromatic nitrogens is 1. The third-order valence-electron chi connectivity index (χ3n) is 4.03. The average molecular weight is 353 g/mol. The van der Waals surface area contributed by atoms with Crippen molar-refractivity contribution in [1.82, 2.24) is 5.16 Å². The second-order valence-corrected chi connectivity index (χ2v) is 6.06. The third kappa shape index (κ3) is 4.57. The summed E-state index contributed by atoms with van der Waals surface area (Å²) in [7, 11) is 0. The zero-order chi connectivity index (χ0) is 18.4. The number of rotatable bonds is 7. The molecule has 3 rings (SSSR count). The van der Waals surface area contributed by atoms with Crippen molar-refractivity contribution < 1.29 is 18.4 Å². The summed E-state index contributed by atoms with van der Waals surface area (Å²) in [5, 5.41) is 4.09. The Balaban J connectivity index is 1.63. The summed E-state index contributed by atoms with van der Waals surface area (Å²) in [5.74, 6) is 0.361. The largest absolute Gasteiger partial charge is 0.423 e. The number of benzene rings is 2. The number of halogens is 1. The number of hydrogen-bond acceptors (Lipinski definition) is 4. The zero-order valence-corrected chi connectivity index (χ0v) is 14.6. The first-order chi connectivity index (χ1) is 12.7. The minimum absolute atomic E-state index is 0.295. The van der Waals surface area contributed by atoms with Gasteiger partial charge in [0.2, 0.25) is 0 Å². The van der Waals surface area contributed by atoms with Crippen LogP contribution in [0.1, 0.15) is 42.3 Å². The quantitative estimate of drug-likeness (QED) is 0.323. The van der Waals surface area contributed by atoms with Gasteiger partial charge in [0.25, 0.3) is 0 Å². The van der Waals surface area contributed by atoms with Crippen molar-refractivity contribution in [2.24, 2.45) is 0 Å². The monoisotopic (exact) mass is 353 g/mol. The first-order valence-corrected chi connectivity index (χ1v) is 8.69. The van der Waals surface area contributed by atoms with Crippen LogP contribution in [0.3, 0.4) is 0 Å². The summed E-state index contributed by atoms with van der Waals surface area (Å²) in [6.45, 7) is 2.16. The van der Waals surface area contributed by atoms with Crippen molar-refractivity contribution in [3.05, 3.63) is 71.7 Å². The van der Waals surface area contributed by atoms with E-state index in [1.807, 2.05) is 18.2 Å². The van der Waals surface area contributed by atoms with E-state index in [2.05, 4.69) is 12.1 Å². The van der Waals surface area contributed by atoms with Crippen LogP contribution in [0.15, 0.2) is 59.1 Å². The lowest BCUT2D eigenvalue weighted by Gasteiger charge is -2.05. The molecule has 0 spiro atoms. The molecular formula is C21H20FNO3. The average Bonchev–Trinajstić information content (AvgIpc) is 3.12. The highest BCUT2D eigenvalue weighted by atomic mass is 19.1. The number of esters is 1. The fourth-order valence-electron chi connectivity index (χ4n) is 2.56. The molecule has 0 fully saturated rings. The van der Waals surface area contributed by atoms with E-state index >= 15 is 0 Å². The molecule has 0 radical (unpaired) electrons. The Bertz CT molecular complexity index is 854. The van der Waals surface area contributed by atoms with Crippen LogP contribution in [0.2, 0.25) is 0 Å². The Morgan fingerprint density at radius 3 is 2.50 bits per heavy atom. The predicted octanol–water partition coefficient (Wildman–Crippen LogP) is 5.43. The molecular weight excluding hydrogens is 333 g/mol. The molecule has 0 saturated carbocycles. The van der Waals surface area contributed by atoms with Gasteiger partial charge in [0.05, 0.1) is 5.56 Å². The molecule has 1 heterocycles. The van der Waals surface area contributed by atoms with Crippen LogP contribution in [0.5, 0.6) is 5.75 Å². The molecule has 0 aliphatic rings. The van der Waals surface area contributed by atoms with Gasteiger partial charge < -0.3 is 9.26 Å². The molecule has 0 aliphatic heterocycles. The zero-order valence-electron chi connectivity index (χ0n) is 14.6. The van der Waals surface area contributed by atoms with Crippen LogP contribution in [-0.2, 0) is 6.42 Å². The van der Waals surface area contributed by atoms with E-state index < -0.39 is 11.8 Å². The Hall–Kier alpha value is -2.95. The van der Waals surface area contributed by atoms with Crippen molar-refractivity contribution in [2.75, 3.05) is 0 Å². The maximum Gasteiger partial charge on any atom is 0.343 e. The number of hydrogen-bond donors (Lipinski definition) is 0. The number of unbranched alkanes of at least 4 members (excludes halogenated alkanes) is 2. The van der Waals surface area contributed by atoms with E-state index in [-0.39, 0.29) is 0 Å². The van der Waals surface area contributed by atoms with Gasteiger partial charge in [-0.25, -0.2) is 9.18 Å². The Labute approximate surface area is 151 Å². The Kier molecular flexibility index (Phi) is 5.79. The number of carbonyl (C=O) groups excluding carboxylic acids is 1. The molecule has 0 amide bonds. The fourth-order valence-corrected chi connectivity index (χ4v) is 2.56. The van der Waals surface area contributed by atoms with Crippen LogP contribution in [-0.4, -0.2) is 11.1 Å². The molecule has 0 saturated heterocycles. The van der Waals surface area contributed by atoms with Crippen LogP contribution < -0.4 is 4.74 Å². The molecule has 26 heavy (non-hydrogen) atoms. The first-order valence-electron chi connectivity index (χ1n) is 8.69. The SMILES string of the molecule is CCCCCc1cc(-c2ccc(OC(=O)c3ccc(F)cc3)cc2)no1. The molecule has 2 aromatic carbocycles. The fraction of sp³-hybridized carbons (Fsp3) is 0.238. The molecule has 0 aliphatic carbocycles. The summed E-state index contributed by atoms with van der Waals surface area (Å²) >= 11 is 0. The highest BCUT2D eigenvalue weighted by Gasteiger charge is 2.10. The highest BCUT2D eigenvalue weighted by Crippen LogP contribution is 2.23. The number of carbonyl (C=O) groups is 1. The summed E-state index contributed by atoms with van der Waals surface area (Å²) in [4.78, 5) is 12.0. The lowest BCUT2D eigenvalue weighted by molar-refractivity contribution is 0.0734. The van der Waals surface area contributed by atoms with Crippen molar-refractivity contribution in [2.45, 2.75) is 32.6 Å². The second-order valence-electron chi connectivity index (χ2n) is 6.06. The van der Waals surface area contributed by atoms with Crippen LogP contribution in [0.25, 0.3) is 11.3 Å². The van der Waals surface area contributed by atoms with Gasteiger partial charge >= 0.3 is 5.97 Å². The topological polar surface area (TPSA) is 52.3 Å². The van der Waals surface area contributed by atoms with Crippen molar-refractivity contribution in [3.8, 4) is 17.0 Å². The lowest BCUT2D eigenvalue weighted by Crippen LogP contribution is -2.08. The van der Waals surface area contributed by atoms with E-state index in [0.29, 0.717) is 11.3 Å². The minimum Gasteiger partial charge on any atom is -0.423 e. The van der Waals surface area contributed by atoms with Crippen molar-refractivity contribution in [1.29, 1.82) is 0 Å². The third-order valence-corrected chi connectivity index (χ3v) is 4.03. The molecule has 5 heteroatoms. The van der Waals surface area contributed by atoms with E-state index in [9.17, 15) is 9.18 Å². The predicted molar refractivity (Wildman–Crippen MR) is 96.5 cm³/mol. The maximum absolute atomic E-state index is 12.9. The van der Waals surface area contributed by atoms with Gasteiger partial charge in [0, 0.05) is 18.1 Å². The summed E-state index contributed by atoms with van der Waals surface area (Å²) in [6, 6.07) is 14.2. The molecule has 4 nitrogen and oxygen atoms in total. The maximum atomic E-state index is 12.9. The standard InChI is InChI=1S/C21H20FNO3/c1-2-3-4-5-19-14-20(23-26-19)15-8-12-18(13-9-15)25-21(24)16-6-10-17(22)11-7-16/h6-14H,2-5H2,1H3. The molecule has 0 bridgehead atoms. The number of aryl methyl sites for hydroxylation is 1. The van der Waals surface area contributed by atoms with Gasteiger partial charge in [-0.3, -0.25) is 0 Å². The molecule has 0 N–H and O–H groups in total. The minimum atomic E-state index is -0.530. The molecule has 0 atom stereocenters. The van der Waals surface area contributed by atoms with Crippen molar-refractivity contribution >= 4 is 5.97 Å². The van der Waals surface area contributed by atoms with E-state index in [4.69, 9.17) is 9.26 Å². The molecule has 3 aromatic rings. The molecule has 134 valence electrons. The van der Waals surface area contributed by atoms with Crippen molar-refractivity contribution in [3.63, 3.8) is 0 Å². The van der Waals surface area contributed by atoms with Gasteiger partial charge in [-0.05, 0) is 55.0 Å². The van der Waals surface area contributed by atoms with Crippen LogP contribution in [0.4, 0.5) is 4.39 Å². The second kappa shape index (κ2) is 8.43. The van der Waals surface area contributed by atoms with E-state index in [1.54, 1.807) is 12.1 Å². The Morgan fingerprint density at radius 2 is 1.81 bits per heavy atom. The van der Waals surface area contributed by atoms with E-state index in [1.165, 1.54) is 37.1 Å². The summed E-state index contributed by atoms with van der Waals surface area (Å²) < 4.78 is 23.6. The molecule has 1 aromatic heterocycles. The normalized spacial score (nSPS) is 10.7. The van der Waals surface area contributed by atoms with Gasteiger partial charge in [-0.15, -0.1) is 0 Å². The Morgan fingerprint density at radius 1 is 1.08 bits per heavy atom.